The lowest BCUT2D eigenvalue weighted by atomic mass is 9.99. The molecule has 0 spiro atoms. The Bertz CT molecular complexity index is 857. The van der Waals surface area contributed by atoms with E-state index in [-0.39, 0.29) is 5.91 Å². The highest BCUT2D eigenvalue weighted by Gasteiger charge is 2.23. The predicted octanol–water partition coefficient (Wildman–Crippen LogP) is 2.74. The molecule has 0 bridgehead atoms. The van der Waals surface area contributed by atoms with Gasteiger partial charge >= 0.3 is 0 Å². The minimum absolute atomic E-state index is 0.166. The molecule has 1 aliphatic heterocycles. The van der Waals surface area contributed by atoms with Gasteiger partial charge in [0.2, 0.25) is 0 Å². The van der Waals surface area contributed by atoms with Crippen LogP contribution in [0.4, 0.5) is 0 Å². The van der Waals surface area contributed by atoms with Crippen LogP contribution in [0.25, 0.3) is 0 Å². The summed E-state index contributed by atoms with van der Waals surface area (Å²) in [6.07, 6.45) is 4.76. The summed E-state index contributed by atoms with van der Waals surface area (Å²) in [5.74, 6) is 1.49. The summed E-state index contributed by atoms with van der Waals surface area (Å²) in [5, 5.41) is 7.09. The Hall–Kier alpha value is -2.86. The van der Waals surface area contributed by atoms with E-state index in [9.17, 15) is 4.79 Å². The molecule has 1 aromatic carbocycles. The topological polar surface area (TPSA) is 63.3 Å². The van der Waals surface area contributed by atoms with Crippen LogP contribution in [-0.2, 0) is 6.54 Å². The van der Waals surface area contributed by atoms with Crippen LogP contribution in [0.1, 0.15) is 34.2 Å². The fourth-order valence-electron chi connectivity index (χ4n) is 3.59. The SMILES string of the molecule is O=C(NCCN1CCC(c2ccccc2)C1)c1ccc(Cn2cccn2)o1. The van der Waals surface area contributed by atoms with Crippen molar-refractivity contribution in [2.45, 2.75) is 18.9 Å². The Balaban J connectivity index is 1.21. The number of furan rings is 1. The van der Waals surface area contributed by atoms with Crippen molar-refractivity contribution in [3.63, 3.8) is 0 Å². The first-order chi connectivity index (χ1) is 13.3. The highest BCUT2D eigenvalue weighted by atomic mass is 16.4. The molecule has 1 unspecified atom stereocenters. The second-order valence-electron chi connectivity index (χ2n) is 6.92. The molecule has 0 radical (unpaired) electrons. The van der Waals surface area contributed by atoms with Gasteiger partial charge in [0.05, 0.1) is 6.54 Å². The van der Waals surface area contributed by atoms with E-state index in [1.807, 2.05) is 18.3 Å². The number of nitrogens with zero attached hydrogens (tertiary/aromatic N) is 3. The molecule has 2 aromatic heterocycles. The molecule has 3 aromatic rings. The molecule has 27 heavy (non-hydrogen) atoms. The van der Waals surface area contributed by atoms with Gasteiger partial charge < -0.3 is 14.6 Å². The normalized spacial score (nSPS) is 17.3. The average molecular weight is 364 g/mol. The molecule has 1 atom stereocenters. The zero-order valence-electron chi connectivity index (χ0n) is 15.3. The number of nitrogens with one attached hydrogen (secondary N) is 1. The smallest absolute Gasteiger partial charge is 0.287 e. The predicted molar refractivity (Wildman–Crippen MR) is 103 cm³/mol. The second kappa shape index (κ2) is 8.22. The maximum absolute atomic E-state index is 12.3. The Morgan fingerprint density at radius 1 is 1.19 bits per heavy atom. The molecule has 0 saturated carbocycles. The molecule has 6 heteroatoms. The fraction of sp³-hybridized carbons (Fsp3) is 0.333. The summed E-state index contributed by atoms with van der Waals surface area (Å²) in [7, 11) is 0. The zero-order valence-corrected chi connectivity index (χ0v) is 15.3. The second-order valence-corrected chi connectivity index (χ2v) is 6.92. The number of rotatable bonds is 7. The lowest BCUT2D eigenvalue weighted by molar-refractivity contribution is 0.0920. The van der Waals surface area contributed by atoms with Gasteiger partial charge in [0.25, 0.3) is 5.91 Å². The molecule has 1 aliphatic rings. The van der Waals surface area contributed by atoms with Crippen molar-refractivity contribution in [3.05, 3.63) is 78.0 Å². The number of benzene rings is 1. The van der Waals surface area contributed by atoms with Crippen LogP contribution in [0.3, 0.4) is 0 Å². The van der Waals surface area contributed by atoms with Crippen molar-refractivity contribution in [2.75, 3.05) is 26.2 Å². The summed E-state index contributed by atoms with van der Waals surface area (Å²) < 4.78 is 7.39. The molecule has 3 heterocycles. The summed E-state index contributed by atoms with van der Waals surface area (Å²) >= 11 is 0. The largest absolute Gasteiger partial charge is 0.454 e. The molecular formula is C21H24N4O2. The van der Waals surface area contributed by atoms with Crippen LogP contribution >= 0.6 is 0 Å². The van der Waals surface area contributed by atoms with E-state index in [2.05, 4.69) is 45.6 Å². The standard InChI is InChI=1S/C21H24N4O2/c26-21(20-8-7-19(27-20)16-25-12-4-10-23-25)22-11-14-24-13-9-18(15-24)17-5-2-1-3-6-17/h1-8,10,12,18H,9,11,13-16H2,(H,22,26). The molecule has 0 aliphatic carbocycles. The molecule has 1 fully saturated rings. The molecule has 4 rings (SSSR count). The molecule has 1 amide bonds. The minimum Gasteiger partial charge on any atom is -0.454 e. The first-order valence-electron chi connectivity index (χ1n) is 9.39. The summed E-state index contributed by atoms with van der Waals surface area (Å²) in [5.41, 5.74) is 1.41. The maximum atomic E-state index is 12.3. The van der Waals surface area contributed by atoms with Crippen LogP contribution < -0.4 is 5.32 Å². The summed E-state index contributed by atoms with van der Waals surface area (Å²) in [4.78, 5) is 14.7. The van der Waals surface area contributed by atoms with Gasteiger partial charge in [0.15, 0.2) is 5.76 Å². The number of aromatic nitrogens is 2. The van der Waals surface area contributed by atoms with E-state index < -0.39 is 0 Å². The number of amides is 1. The quantitative estimate of drug-likeness (QED) is 0.700. The van der Waals surface area contributed by atoms with Crippen LogP contribution in [-0.4, -0.2) is 46.8 Å². The molecule has 6 nitrogen and oxygen atoms in total. The Kier molecular flexibility index (Phi) is 5.34. The van der Waals surface area contributed by atoms with Crippen LogP contribution in [0.15, 0.2) is 65.3 Å². The minimum atomic E-state index is -0.166. The Morgan fingerprint density at radius 3 is 2.89 bits per heavy atom. The number of hydrogen-bond acceptors (Lipinski definition) is 4. The molecule has 1 N–H and O–H groups in total. The average Bonchev–Trinajstić information content (AvgIpc) is 3.45. The van der Waals surface area contributed by atoms with Crippen molar-refractivity contribution < 1.29 is 9.21 Å². The zero-order chi connectivity index (χ0) is 18.5. The van der Waals surface area contributed by atoms with E-state index in [1.54, 1.807) is 16.9 Å². The number of carbonyl (C=O) groups is 1. The van der Waals surface area contributed by atoms with Gasteiger partial charge in [-0.25, -0.2) is 0 Å². The third-order valence-electron chi connectivity index (χ3n) is 5.02. The lowest BCUT2D eigenvalue weighted by Crippen LogP contribution is -2.33. The van der Waals surface area contributed by atoms with Crippen molar-refractivity contribution in [1.29, 1.82) is 0 Å². The van der Waals surface area contributed by atoms with E-state index in [4.69, 9.17) is 4.42 Å². The van der Waals surface area contributed by atoms with Crippen LogP contribution in [0.2, 0.25) is 0 Å². The van der Waals surface area contributed by atoms with Crippen molar-refractivity contribution in [2.24, 2.45) is 0 Å². The summed E-state index contributed by atoms with van der Waals surface area (Å²) in [6, 6.07) is 16.1. The van der Waals surface area contributed by atoms with E-state index >= 15 is 0 Å². The monoisotopic (exact) mass is 364 g/mol. The van der Waals surface area contributed by atoms with Gasteiger partial charge in [0.1, 0.15) is 5.76 Å². The summed E-state index contributed by atoms with van der Waals surface area (Å²) in [6.45, 7) is 4.12. The van der Waals surface area contributed by atoms with E-state index in [1.165, 1.54) is 12.0 Å². The Labute approximate surface area is 158 Å². The van der Waals surface area contributed by atoms with E-state index in [0.717, 1.165) is 19.6 Å². The highest BCUT2D eigenvalue weighted by molar-refractivity contribution is 5.91. The lowest BCUT2D eigenvalue weighted by Gasteiger charge is -2.16. The Morgan fingerprint density at radius 2 is 2.07 bits per heavy atom. The number of likely N-dealkylation sites (tertiary alicyclic amines) is 1. The number of hydrogen-bond donors (Lipinski definition) is 1. The van der Waals surface area contributed by atoms with Gasteiger partial charge in [-0.3, -0.25) is 9.48 Å². The van der Waals surface area contributed by atoms with Gasteiger partial charge in [0, 0.05) is 32.0 Å². The van der Waals surface area contributed by atoms with Crippen LogP contribution in [0.5, 0.6) is 0 Å². The van der Waals surface area contributed by atoms with Crippen molar-refractivity contribution in [3.8, 4) is 0 Å². The third-order valence-corrected chi connectivity index (χ3v) is 5.02. The first-order valence-corrected chi connectivity index (χ1v) is 9.39. The third kappa shape index (κ3) is 4.46. The van der Waals surface area contributed by atoms with Gasteiger partial charge in [-0.1, -0.05) is 30.3 Å². The molecular weight excluding hydrogens is 340 g/mol. The maximum Gasteiger partial charge on any atom is 0.287 e. The number of carbonyl (C=O) groups excluding carboxylic acids is 1. The highest BCUT2D eigenvalue weighted by Crippen LogP contribution is 2.26. The van der Waals surface area contributed by atoms with E-state index in [0.29, 0.717) is 30.5 Å². The van der Waals surface area contributed by atoms with Crippen LogP contribution in [0, 0.1) is 0 Å². The van der Waals surface area contributed by atoms with Crippen molar-refractivity contribution >= 4 is 5.91 Å². The molecule has 1 saturated heterocycles. The first kappa shape index (κ1) is 17.5. The van der Waals surface area contributed by atoms with Gasteiger partial charge in [-0.15, -0.1) is 0 Å². The fourth-order valence-corrected chi connectivity index (χ4v) is 3.59. The van der Waals surface area contributed by atoms with Gasteiger partial charge in [-0.05, 0) is 42.6 Å². The molecule has 140 valence electrons. The van der Waals surface area contributed by atoms with Crippen molar-refractivity contribution in [1.82, 2.24) is 20.0 Å². The van der Waals surface area contributed by atoms with Gasteiger partial charge in [-0.2, -0.15) is 5.10 Å².